The molecule has 0 saturated heterocycles. The molecule has 4 rings (SSSR count). The lowest BCUT2D eigenvalue weighted by Crippen LogP contribution is -2.13. The van der Waals surface area contributed by atoms with E-state index in [2.05, 4.69) is 11.4 Å². The number of ether oxygens (including phenoxy) is 1. The van der Waals surface area contributed by atoms with E-state index >= 15 is 0 Å². The van der Waals surface area contributed by atoms with Gasteiger partial charge < -0.3 is 15.8 Å². The van der Waals surface area contributed by atoms with Crippen LogP contribution in [0.1, 0.15) is 21.6 Å². The Labute approximate surface area is 175 Å². The van der Waals surface area contributed by atoms with Crippen LogP contribution in [0.3, 0.4) is 0 Å². The number of hydrogen-bond donors (Lipinski definition) is 2. The fourth-order valence-corrected chi connectivity index (χ4v) is 3.47. The molecule has 0 fully saturated rings. The second-order valence-electron chi connectivity index (χ2n) is 7.10. The summed E-state index contributed by atoms with van der Waals surface area (Å²) in [7, 11) is 1.70. The number of methoxy groups -OCH3 is 1. The third-order valence-corrected chi connectivity index (χ3v) is 5.06. The number of fused-ring (bicyclic) bond motifs is 1. The molecule has 0 aliphatic heterocycles. The van der Waals surface area contributed by atoms with E-state index in [-0.39, 0.29) is 5.91 Å². The summed E-state index contributed by atoms with van der Waals surface area (Å²) in [6, 6.07) is 22.9. The molecule has 0 bridgehead atoms. The highest BCUT2D eigenvalue weighted by molar-refractivity contribution is 6.05. The number of hydrogen-bond acceptors (Lipinski definition) is 4. The van der Waals surface area contributed by atoms with Crippen LogP contribution in [0.15, 0.2) is 72.8 Å². The quantitative estimate of drug-likeness (QED) is 0.458. The van der Waals surface area contributed by atoms with Crippen molar-refractivity contribution in [3.05, 3.63) is 89.6 Å². The van der Waals surface area contributed by atoms with Gasteiger partial charge in [0.1, 0.15) is 0 Å². The van der Waals surface area contributed by atoms with Crippen LogP contribution in [-0.4, -0.2) is 29.4 Å². The summed E-state index contributed by atoms with van der Waals surface area (Å²) in [6.45, 7) is 1.26. The Kier molecular flexibility index (Phi) is 5.77. The first-order valence-corrected chi connectivity index (χ1v) is 9.84. The maximum Gasteiger partial charge on any atom is 0.255 e. The van der Waals surface area contributed by atoms with Crippen molar-refractivity contribution in [2.75, 3.05) is 24.8 Å². The van der Waals surface area contributed by atoms with E-state index in [1.807, 2.05) is 59.3 Å². The summed E-state index contributed by atoms with van der Waals surface area (Å²) in [5.41, 5.74) is 10.8. The monoisotopic (exact) mass is 400 g/mol. The molecule has 1 heterocycles. The van der Waals surface area contributed by atoms with Gasteiger partial charge in [-0.3, -0.25) is 9.48 Å². The molecule has 30 heavy (non-hydrogen) atoms. The molecule has 6 nitrogen and oxygen atoms in total. The van der Waals surface area contributed by atoms with Gasteiger partial charge in [0.25, 0.3) is 5.91 Å². The molecule has 6 heteroatoms. The zero-order chi connectivity index (χ0) is 20.9. The van der Waals surface area contributed by atoms with E-state index in [0.29, 0.717) is 30.1 Å². The number of nitrogens with two attached hydrogens (primary N) is 1. The lowest BCUT2D eigenvalue weighted by atomic mass is 10.1. The first kappa shape index (κ1) is 19.7. The van der Waals surface area contributed by atoms with Crippen molar-refractivity contribution < 1.29 is 9.53 Å². The molecular weight excluding hydrogens is 376 g/mol. The SMILES string of the molecule is COCCc1c2ccccc2nn1Cc1ccc(C(=O)Nc2ccccc2N)cc1. The van der Waals surface area contributed by atoms with Gasteiger partial charge in [-0.25, -0.2) is 0 Å². The Hall–Kier alpha value is -3.64. The van der Waals surface area contributed by atoms with Gasteiger partial charge in [-0.05, 0) is 35.9 Å². The second-order valence-corrected chi connectivity index (χ2v) is 7.10. The molecule has 1 amide bonds. The highest BCUT2D eigenvalue weighted by atomic mass is 16.5. The number of carbonyl (C=O) groups excluding carboxylic acids is 1. The molecule has 3 N–H and O–H groups in total. The number of rotatable bonds is 7. The third kappa shape index (κ3) is 4.18. The fourth-order valence-electron chi connectivity index (χ4n) is 3.47. The molecule has 0 aliphatic carbocycles. The van der Waals surface area contributed by atoms with Crippen molar-refractivity contribution in [3.8, 4) is 0 Å². The van der Waals surface area contributed by atoms with E-state index in [1.54, 1.807) is 19.2 Å². The van der Waals surface area contributed by atoms with Crippen molar-refractivity contribution in [1.82, 2.24) is 9.78 Å². The highest BCUT2D eigenvalue weighted by Crippen LogP contribution is 2.21. The summed E-state index contributed by atoms with van der Waals surface area (Å²) in [5.74, 6) is -0.190. The molecule has 152 valence electrons. The average Bonchev–Trinajstić information content (AvgIpc) is 3.11. The van der Waals surface area contributed by atoms with Crippen LogP contribution in [-0.2, 0) is 17.7 Å². The van der Waals surface area contributed by atoms with Gasteiger partial charge in [-0.15, -0.1) is 0 Å². The standard InChI is InChI=1S/C24H24N4O2/c1-30-15-14-23-19-6-2-4-8-21(19)27-28(23)16-17-10-12-18(13-11-17)24(29)26-22-9-5-3-7-20(22)25/h2-13H,14-16,25H2,1H3,(H,26,29). The number of nitrogen functional groups attached to an aromatic ring is 1. The van der Waals surface area contributed by atoms with Gasteiger partial charge >= 0.3 is 0 Å². The summed E-state index contributed by atoms with van der Waals surface area (Å²) in [4.78, 5) is 12.5. The predicted molar refractivity (Wildman–Crippen MR) is 120 cm³/mol. The van der Waals surface area contributed by atoms with E-state index in [0.717, 1.165) is 28.6 Å². The Morgan fingerprint density at radius 3 is 2.53 bits per heavy atom. The maximum atomic E-state index is 12.5. The number of anilines is 2. The van der Waals surface area contributed by atoms with Crippen LogP contribution in [0.4, 0.5) is 11.4 Å². The highest BCUT2D eigenvalue weighted by Gasteiger charge is 2.12. The molecule has 1 aromatic heterocycles. The first-order valence-electron chi connectivity index (χ1n) is 9.84. The number of carbonyl (C=O) groups is 1. The van der Waals surface area contributed by atoms with E-state index in [1.165, 1.54) is 0 Å². The smallest absolute Gasteiger partial charge is 0.255 e. The first-order chi connectivity index (χ1) is 14.7. The minimum Gasteiger partial charge on any atom is -0.397 e. The van der Waals surface area contributed by atoms with Crippen LogP contribution in [0.5, 0.6) is 0 Å². The Morgan fingerprint density at radius 2 is 1.77 bits per heavy atom. The summed E-state index contributed by atoms with van der Waals surface area (Å²) in [6.07, 6.45) is 0.788. The minimum atomic E-state index is -0.190. The Bertz CT molecular complexity index is 1170. The van der Waals surface area contributed by atoms with Gasteiger partial charge in [-0.2, -0.15) is 5.10 Å². The van der Waals surface area contributed by atoms with Crippen molar-refractivity contribution in [2.45, 2.75) is 13.0 Å². The van der Waals surface area contributed by atoms with E-state index < -0.39 is 0 Å². The molecule has 0 aliphatic rings. The van der Waals surface area contributed by atoms with Crippen molar-refractivity contribution in [2.24, 2.45) is 0 Å². The molecular formula is C24H24N4O2. The minimum absolute atomic E-state index is 0.190. The molecule has 3 aromatic carbocycles. The zero-order valence-electron chi connectivity index (χ0n) is 16.8. The molecule has 0 atom stereocenters. The normalized spacial score (nSPS) is 11.0. The fraction of sp³-hybridized carbons (Fsp3) is 0.167. The maximum absolute atomic E-state index is 12.5. The van der Waals surface area contributed by atoms with Crippen LogP contribution in [0.2, 0.25) is 0 Å². The Morgan fingerprint density at radius 1 is 1.03 bits per heavy atom. The largest absolute Gasteiger partial charge is 0.397 e. The lowest BCUT2D eigenvalue weighted by molar-refractivity contribution is 0.102. The number of nitrogens with one attached hydrogen (secondary N) is 1. The number of aromatic nitrogens is 2. The van der Waals surface area contributed by atoms with Gasteiger partial charge in [0.05, 0.1) is 30.0 Å². The van der Waals surface area contributed by atoms with Gasteiger partial charge in [0.15, 0.2) is 0 Å². The predicted octanol–water partition coefficient (Wildman–Crippen LogP) is 4.11. The molecule has 0 spiro atoms. The second kappa shape index (κ2) is 8.80. The topological polar surface area (TPSA) is 82.2 Å². The van der Waals surface area contributed by atoms with Crippen LogP contribution < -0.4 is 11.1 Å². The molecule has 0 saturated carbocycles. The summed E-state index contributed by atoms with van der Waals surface area (Å²) >= 11 is 0. The number of para-hydroxylation sites is 2. The van der Waals surface area contributed by atoms with Crippen molar-refractivity contribution in [1.29, 1.82) is 0 Å². The van der Waals surface area contributed by atoms with Crippen molar-refractivity contribution >= 4 is 28.2 Å². The average molecular weight is 400 g/mol. The van der Waals surface area contributed by atoms with E-state index in [9.17, 15) is 4.79 Å². The number of nitrogens with zero attached hydrogens (tertiary/aromatic N) is 2. The third-order valence-electron chi connectivity index (χ3n) is 5.06. The lowest BCUT2D eigenvalue weighted by Gasteiger charge is -2.10. The van der Waals surface area contributed by atoms with Gasteiger partial charge in [-0.1, -0.05) is 42.5 Å². The van der Waals surface area contributed by atoms with E-state index in [4.69, 9.17) is 15.6 Å². The summed E-state index contributed by atoms with van der Waals surface area (Å²) in [5, 5.41) is 8.75. The molecule has 0 unspecified atom stereocenters. The van der Waals surface area contributed by atoms with Crippen LogP contribution in [0.25, 0.3) is 10.9 Å². The number of amides is 1. The van der Waals surface area contributed by atoms with Crippen LogP contribution >= 0.6 is 0 Å². The molecule has 0 radical (unpaired) electrons. The summed E-state index contributed by atoms with van der Waals surface area (Å²) < 4.78 is 7.29. The Balaban J connectivity index is 1.52. The number of benzene rings is 3. The van der Waals surface area contributed by atoms with Gasteiger partial charge in [0.2, 0.25) is 0 Å². The van der Waals surface area contributed by atoms with Crippen LogP contribution in [0, 0.1) is 0 Å². The molecule has 4 aromatic rings. The van der Waals surface area contributed by atoms with Gasteiger partial charge in [0, 0.05) is 30.2 Å². The zero-order valence-corrected chi connectivity index (χ0v) is 16.8. The van der Waals surface area contributed by atoms with Crippen molar-refractivity contribution in [3.63, 3.8) is 0 Å².